The Kier molecular flexibility index (Phi) is 7.30. The van der Waals surface area contributed by atoms with E-state index >= 15 is 0 Å². The Hall–Kier alpha value is -2.54. The highest BCUT2D eigenvalue weighted by Gasteiger charge is 2.23. The van der Waals surface area contributed by atoms with Crippen LogP contribution in [0.25, 0.3) is 11.1 Å². The topological polar surface area (TPSA) is 84.9 Å². The molecule has 2 aromatic carbocycles. The summed E-state index contributed by atoms with van der Waals surface area (Å²) in [6.45, 7) is 7.20. The summed E-state index contributed by atoms with van der Waals surface area (Å²) in [6, 6.07) is 10.2. The molecule has 0 saturated heterocycles. The third-order valence-electron chi connectivity index (χ3n) is 4.15. The van der Waals surface area contributed by atoms with Gasteiger partial charge in [0.05, 0.1) is 19.6 Å². The highest BCUT2D eigenvalue weighted by Crippen LogP contribution is 2.36. The molecule has 0 aliphatic carbocycles. The number of phenols is 1. The molecule has 2 N–H and O–H groups in total. The summed E-state index contributed by atoms with van der Waals surface area (Å²) in [5.74, 6) is -0.322. The second-order valence-electron chi connectivity index (χ2n) is 7.72. The summed E-state index contributed by atoms with van der Waals surface area (Å²) < 4.78 is 10.9. The van der Waals surface area contributed by atoms with Crippen molar-refractivity contribution in [3.05, 3.63) is 52.0 Å². The van der Waals surface area contributed by atoms with E-state index in [1.807, 2.05) is 31.2 Å². The fourth-order valence-electron chi connectivity index (χ4n) is 2.96. The smallest absolute Gasteiger partial charge is 0.408 e. The van der Waals surface area contributed by atoms with Crippen LogP contribution in [0.5, 0.6) is 5.75 Å². The molecule has 0 unspecified atom stereocenters. The lowest BCUT2D eigenvalue weighted by molar-refractivity contribution is -0.141. The third-order valence-corrected chi connectivity index (χ3v) is 4.60. The number of ether oxygens (including phenoxy) is 2. The van der Waals surface area contributed by atoms with Crippen LogP contribution in [0, 0.1) is 6.92 Å². The monoisotopic (exact) mass is 463 g/mol. The number of carbonyl (C=O) groups is 2. The van der Waals surface area contributed by atoms with E-state index in [9.17, 15) is 14.7 Å². The van der Waals surface area contributed by atoms with Gasteiger partial charge in [0.25, 0.3) is 0 Å². The van der Waals surface area contributed by atoms with Gasteiger partial charge in [-0.2, -0.15) is 0 Å². The van der Waals surface area contributed by atoms with Gasteiger partial charge in [0.15, 0.2) is 0 Å². The Morgan fingerprint density at radius 3 is 2.48 bits per heavy atom. The maximum absolute atomic E-state index is 12.3. The van der Waals surface area contributed by atoms with E-state index in [1.165, 1.54) is 7.11 Å². The van der Waals surface area contributed by atoms with Gasteiger partial charge in [0.2, 0.25) is 0 Å². The molecule has 156 valence electrons. The third kappa shape index (κ3) is 6.49. The Morgan fingerprint density at radius 2 is 1.90 bits per heavy atom. The fourth-order valence-corrected chi connectivity index (χ4v) is 3.52. The van der Waals surface area contributed by atoms with Crippen molar-refractivity contribution in [2.45, 2.75) is 45.8 Å². The van der Waals surface area contributed by atoms with Gasteiger partial charge in [0.1, 0.15) is 11.4 Å². The molecule has 0 bridgehead atoms. The summed E-state index contributed by atoms with van der Waals surface area (Å²) in [5.41, 5.74) is 2.37. The quantitative estimate of drug-likeness (QED) is 0.590. The molecule has 0 radical (unpaired) electrons. The van der Waals surface area contributed by atoms with Gasteiger partial charge >= 0.3 is 12.1 Å². The number of esters is 1. The predicted molar refractivity (Wildman–Crippen MR) is 115 cm³/mol. The van der Waals surface area contributed by atoms with Gasteiger partial charge in [-0.1, -0.05) is 34.1 Å². The maximum Gasteiger partial charge on any atom is 0.408 e. The van der Waals surface area contributed by atoms with E-state index in [0.29, 0.717) is 11.1 Å². The number of nitrogens with one attached hydrogen (secondary N) is 1. The van der Waals surface area contributed by atoms with E-state index in [4.69, 9.17) is 9.47 Å². The lowest BCUT2D eigenvalue weighted by atomic mass is 9.95. The summed E-state index contributed by atoms with van der Waals surface area (Å²) in [4.78, 5) is 24.2. The van der Waals surface area contributed by atoms with Crippen molar-refractivity contribution in [3.8, 4) is 16.9 Å². The van der Waals surface area contributed by atoms with Crippen molar-refractivity contribution >= 4 is 28.0 Å². The molecule has 0 heterocycles. The first-order valence-corrected chi connectivity index (χ1v) is 9.95. The molecule has 0 aliphatic heterocycles. The number of benzene rings is 2. The molecule has 0 aliphatic rings. The molecule has 2 rings (SSSR count). The van der Waals surface area contributed by atoms with Gasteiger partial charge in [-0.15, -0.1) is 0 Å². The van der Waals surface area contributed by atoms with Crippen LogP contribution >= 0.6 is 15.9 Å². The van der Waals surface area contributed by atoms with Crippen LogP contribution < -0.4 is 5.32 Å². The van der Waals surface area contributed by atoms with E-state index in [-0.39, 0.29) is 12.2 Å². The van der Waals surface area contributed by atoms with E-state index < -0.39 is 23.7 Å². The van der Waals surface area contributed by atoms with Crippen LogP contribution in [0.4, 0.5) is 4.79 Å². The number of amides is 1. The lowest BCUT2D eigenvalue weighted by Crippen LogP contribution is -2.36. The van der Waals surface area contributed by atoms with Gasteiger partial charge in [0, 0.05) is 10.0 Å². The average molecular weight is 464 g/mol. The molecule has 0 saturated carbocycles. The fraction of sp³-hybridized carbons (Fsp3) is 0.364. The number of methoxy groups -OCH3 is 1. The lowest BCUT2D eigenvalue weighted by Gasteiger charge is -2.24. The van der Waals surface area contributed by atoms with Crippen LogP contribution in [-0.4, -0.2) is 29.9 Å². The first kappa shape index (κ1) is 22.7. The number of hydrogen-bond acceptors (Lipinski definition) is 5. The van der Waals surface area contributed by atoms with Gasteiger partial charge < -0.3 is 19.9 Å². The van der Waals surface area contributed by atoms with Crippen molar-refractivity contribution < 1.29 is 24.2 Å². The van der Waals surface area contributed by atoms with Crippen LogP contribution in [0.3, 0.4) is 0 Å². The number of phenolic OH excluding ortho intramolecular Hbond substituents is 1. The average Bonchev–Trinajstić information content (AvgIpc) is 2.58. The van der Waals surface area contributed by atoms with Gasteiger partial charge in [-0.3, -0.25) is 4.79 Å². The van der Waals surface area contributed by atoms with Crippen LogP contribution in [0.15, 0.2) is 40.9 Å². The summed E-state index contributed by atoms with van der Waals surface area (Å²) in [6.07, 6.45) is -0.677. The highest BCUT2D eigenvalue weighted by atomic mass is 79.9. The minimum Gasteiger partial charge on any atom is -0.507 e. The Bertz CT molecular complexity index is 881. The number of aromatic hydroxyl groups is 1. The van der Waals surface area contributed by atoms with E-state index in [2.05, 4.69) is 21.2 Å². The summed E-state index contributed by atoms with van der Waals surface area (Å²) in [7, 11) is 1.30. The van der Waals surface area contributed by atoms with Crippen LogP contribution in [0.2, 0.25) is 0 Å². The summed E-state index contributed by atoms with van der Waals surface area (Å²) in [5, 5.41) is 13.2. The minimum atomic E-state index is -0.665. The number of alkyl carbamates (subject to hydrolysis) is 1. The van der Waals surface area contributed by atoms with Crippen molar-refractivity contribution in [1.82, 2.24) is 5.32 Å². The zero-order valence-corrected chi connectivity index (χ0v) is 18.8. The van der Waals surface area contributed by atoms with Crippen LogP contribution in [0.1, 0.15) is 44.4 Å². The number of halogens is 1. The molecule has 0 spiro atoms. The highest BCUT2D eigenvalue weighted by molar-refractivity contribution is 9.10. The Balaban J connectivity index is 2.40. The summed E-state index contributed by atoms with van der Waals surface area (Å²) >= 11 is 3.37. The minimum absolute atomic E-state index is 0.0511. The second kappa shape index (κ2) is 9.31. The number of aryl methyl sites for hydroxylation is 1. The van der Waals surface area contributed by atoms with Crippen molar-refractivity contribution in [2.75, 3.05) is 7.11 Å². The molecule has 0 fully saturated rings. The van der Waals surface area contributed by atoms with Crippen molar-refractivity contribution in [3.63, 3.8) is 0 Å². The largest absolute Gasteiger partial charge is 0.507 e. The Morgan fingerprint density at radius 1 is 1.21 bits per heavy atom. The zero-order chi connectivity index (χ0) is 21.8. The van der Waals surface area contributed by atoms with Gasteiger partial charge in [-0.05, 0) is 62.6 Å². The second-order valence-corrected chi connectivity index (χ2v) is 8.64. The molecule has 29 heavy (non-hydrogen) atoms. The van der Waals surface area contributed by atoms with E-state index in [0.717, 1.165) is 15.6 Å². The van der Waals surface area contributed by atoms with E-state index in [1.54, 1.807) is 32.9 Å². The van der Waals surface area contributed by atoms with Crippen LogP contribution in [-0.2, 0) is 14.3 Å². The SMILES string of the molecule is COC(=O)C[C@H](NC(=O)OC(C)(C)C)c1cccc(-c2c(C)cc(Br)cc2O)c1. The maximum atomic E-state index is 12.3. The molecule has 1 atom stereocenters. The Labute approximate surface area is 179 Å². The molecule has 2 aromatic rings. The molecular weight excluding hydrogens is 438 g/mol. The van der Waals surface area contributed by atoms with Crippen molar-refractivity contribution in [1.29, 1.82) is 0 Å². The molecular formula is C22H26BrNO5. The first-order chi connectivity index (χ1) is 13.5. The van der Waals surface area contributed by atoms with Gasteiger partial charge in [-0.25, -0.2) is 4.79 Å². The normalized spacial score (nSPS) is 12.2. The molecule has 7 heteroatoms. The molecule has 1 amide bonds. The molecule has 0 aromatic heterocycles. The number of rotatable bonds is 5. The molecule has 6 nitrogen and oxygen atoms in total. The first-order valence-electron chi connectivity index (χ1n) is 9.16. The standard InChI is InChI=1S/C22H26BrNO5/c1-13-9-16(23)11-18(25)20(13)15-8-6-7-14(10-15)17(12-19(26)28-5)24-21(27)29-22(2,3)4/h6-11,17,25H,12H2,1-5H3,(H,24,27)/t17-/m0/s1. The zero-order valence-electron chi connectivity index (χ0n) is 17.2. The number of hydrogen-bond donors (Lipinski definition) is 2. The number of carbonyl (C=O) groups excluding carboxylic acids is 2. The predicted octanol–water partition coefficient (Wildman–Crippen LogP) is 5.26. The van der Waals surface area contributed by atoms with Crippen molar-refractivity contribution in [2.24, 2.45) is 0 Å².